The minimum absolute atomic E-state index is 0.373. The molecule has 0 aliphatic rings. The van der Waals surface area contributed by atoms with E-state index in [-0.39, 0.29) is 0 Å². The van der Waals surface area contributed by atoms with Crippen molar-refractivity contribution in [2.24, 2.45) is 0 Å². The van der Waals surface area contributed by atoms with Gasteiger partial charge in [-0.1, -0.05) is 310 Å². The van der Waals surface area contributed by atoms with Gasteiger partial charge in [-0.25, -0.2) is 0 Å². The molecule has 0 aliphatic carbocycles. The predicted molar refractivity (Wildman–Crippen MR) is 260 cm³/mol. The van der Waals surface area contributed by atoms with Gasteiger partial charge >= 0.3 is 0 Å². The van der Waals surface area contributed by atoms with Gasteiger partial charge in [-0.05, 0) is 19.3 Å². The summed E-state index contributed by atoms with van der Waals surface area (Å²) in [5.41, 5.74) is 0. The molecule has 0 aromatic heterocycles. The maximum Gasteiger partial charge on any atom is 0.0431 e. The van der Waals surface area contributed by atoms with Gasteiger partial charge in [0.1, 0.15) is 0 Å². The maximum absolute atomic E-state index is 8.67. The van der Waals surface area contributed by atoms with Crippen molar-refractivity contribution in [3.05, 3.63) is 0 Å². The van der Waals surface area contributed by atoms with Crippen molar-refractivity contribution < 1.29 is 15.3 Å². The SMILES string of the molecule is CCCCCCCCCCCCCCCCCCO.CCCCCCCCCCCCCCCCCCO.CCCCCCCCCCCCCCCCCCO. The molecule has 0 rings (SSSR count). The van der Waals surface area contributed by atoms with E-state index < -0.39 is 0 Å². The second-order valence-corrected chi connectivity index (χ2v) is 18.1. The van der Waals surface area contributed by atoms with Crippen LogP contribution in [-0.4, -0.2) is 35.1 Å². The molecule has 3 nitrogen and oxygen atoms in total. The fourth-order valence-corrected chi connectivity index (χ4v) is 7.98. The van der Waals surface area contributed by atoms with E-state index >= 15 is 0 Å². The molecule has 0 heterocycles. The molecule has 0 saturated heterocycles. The summed E-state index contributed by atoms with van der Waals surface area (Å²) >= 11 is 0. The lowest BCUT2D eigenvalue weighted by atomic mass is 10.0. The van der Waals surface area contributed by atoms with Crippen LogP contribution in [0.5, 0.6) is 0 Å². The number of aliphatic hydroxyl groups excluding tert-OH is 3. The Kier molecular flexibility index (Phi) is 69.8. The standard InChI is InChI=1S/3C18H38O/c3*1-2-3-4-5-6-7-8-9-10-11-12-13-14-15-16-17-18-19/h3*19H,2-18H2,1H3. The van der Waals surface area contributed by atoms with Crippen LogP contribution in [0.2, 0.25) is 0 Å². The number of unbranched alkanes of at least 4 members (excludes halogenated alkanes) is 45. The highest BCUT2D eigenvalue weighted by Crippen LogP contribution is 2.16. The zero-order valence-corrected chi connectivity index (χ0v) is 40.4. The molecule has 0 aromatic carbocycles. The molecule has 0 saturated carbocycles. The first-order chi connectivity index (χ1) is 28.2. The topological polar surface area (TPSA) is 60.7 Å². The largest absolute Gasteiger partial charge is 0.396 e. The Bertz CT molecular complexity index is 467. The van der Waals surface area contributed by atoms with Crippen LogP contribution < -0.4 is 0 Å². The monoisotopic (exact) mass is 811 g/mol. The third kappa shape index (κ3) is 70.8. The summed E-state index contributed by atoms with van der Waals surface area (Å²) in [6.07, 6.45) is 66.5. The first kappa shape index (κ1) is 61.2. The number of hydrogen-bond donors (Lipinski definition) is 3. The average molecular weight is 812 g/mol. The van der Waals surface area contributed by atoms with E-state index in [1.54, 1.807) is 0 Å². The lowest BCUT2D eigenvalue weighted by Gasteiger charge is -2.03. The van der Waals surface area contributed by atoms with Gasteiger partial charge in [-0.3, -0.25) is 0 Å². The summed E-state index contributed by atoms with van der Waals surface area (Å²) in [5, 5.41) is 26.0. The van der Waals surface area contributed by atoms with E-state index in [4.69, 9.17) is 15.3 Å². The predicted octanol–water partition coefficient (Wildman–Crippen LogP) is 18.7. The smallest absolute Gasteiger partial charge is 0.0431 e. The van der Waals surface area contributed by atoms with Crippen molar-refractivity contribution in [1.29, 1.82) is 0 Å². The van der Waals surface area contributed by atoms with Gasteiger partial charge < -0.3 is 15.3 Å². The molecule has 0 fully saturated rings. The van der Waals surface area contributed by atoms with Gasteiger partial charge in [0.05, 0.1) is 0 Å². The number of hydrogen-bond acceptors (Lipinski definition) is 3. The van der Waals surface area contributed by atoms with Crippen LogP contribution >= 0.6 is 0 Å². The Morgan fingerprint density at radius 3 is 0.316 bits per heavy atom. The van der Waals surface area contributed by atoms with Crippen LogP contribution in [0.4, 0.5) is 0 Å². The molecule has 0 bridgehead atoms. The third-order valence-corrected chi connectivity index (χ3v) is 12.0. The van der Waals surface area contributed by atoms with E-state index in [0.717, 1.165) is 19.3 Å². The summed E-state index contributed by atoms with van der Waals surface area (Å²) in [7, 11) is 0. The van der Waals surface area contributed by atoms with Gasteiger partial charge in [0.25, 0.3) is 0 Å². The van der Waals surface area contributed by atoms with Gasteiger partial charge in [0, 0.05) is 19.8 Å². The third-order valence-electron chi connectivity index (χ3n) is 12.0. The Hall–Kier alpha value is -0.120. The minimum Gasteiger partial charge on any atom is -0.396 e. The number of rotatable bonds is 48. The summed E-state index contributed by atoms with van der Waals surface area (Å²) in [4.78, 5) is 0. The molecule has 0 aromatic rings. The Labute approximate surface area is 362 Å². The van der Waals surface area contributed by atoms with E-state index in [1.165, 1.54) is 289 Å². The highest BCUT2D eigenvalue weighted by Gasteiger charge is 1.97. The van der Waals surface area contributed by atoms with Crippen molar-refractivity contribution in [2.45, 2.75) is 329 Å². The highest BCUT2D eigenvalue weighted by atomic mass is 16.3. The van der Waals surface area contributed by atoms with Gasteiger partial charge in [0.2, 0.25) is 0 Å². The Morgan fingerprint density at radius 1 is 0.140 bits per heavy atom. The van der Waals surface area contributed by atoms with Crippen LogP contribution in [0, 0.1) is 0 Å². The molecule has 0 spiro atoms. The Morgan fingerprint density at radius 2 is 0.228 bits per heavy atom. The van der Waals surface area contributed by atoms with E-state index in [9.17, 15) is 0 Å². The highest BCUT2D eigenvalue weighted by molar-refractivity contribution is 4.52. The molecular weight excluding hydrogens is 697 g/mol. The van der Waals surface area contributed by atoms with Crippen LogP contribution in [0.1, 0.15) is 329 Å². The molecule has 57 heavy (non-hydrogen) atoms. The molecule has 0 amide bonds. The van der Waals surface area contributed by atoms with Gasteiger partial charge in [0.15, 0.2) is 0 Å². The first-order valence-corrected chi connectivity index (χ1v) is 27.1. The quantitative estimate of drug-likeness (QED) is 0.0537. The fourth-order valence-electron chi connectivity index (χ4n) is 7.98. The zero-order chi connectivity index (χ0) is 42.1. The minimum atomic E-state index is 0.373. The maximum atomic E-state index is 8.67. The number of aliphatic hydroxyl groups is 3. The Balaban J connectivity index is -0.000000767. The summed E-state index contributed by atoms with van der Waals surface area (Å²) in [5.74, 6) is 0. The molecule has 0 unspecified atom stereocenters. The zero-order valence-electron chi connectivity index (χ0n) is 40.4. The lowest BCUT2D eigenvalue weighted by Crippen LogP contribution is -1.85. The molecule has 0 aliphatic heterocycles. The van der Waals surface area contributed by atoms with Crippen molar-refractivity contribution in [3.63, 3.8) is 0 Å². The van der Waals surface area contributed by atoms with Crippen LogP contribution in [0.25, 0.3) is 0 Å². The average Bonchev–Trinajstić information content (AvgIpc) is 3.23. The molecular formula is C54H114O3. The van der Waals surface area contributed by atoms with Crippen molar-refractivity contribution >= 4 is 0 Å². The normalized spacial score (nSPS) is 11.1. The van der Waals surface area contributed by atoms with Gasteiger partial charge in [-0.15, -0.1) is 0 Å². The summed E-state index contributed by atoms with van der Waals surface area (Å²) in [6, 6.07) is 0. The van der Waals surface area contributed by atoms with E-state index in [0.29, 0.717) is 19.8 Å². The van der Waals surface area contributed by atoms with Crippen molar-refractivity contribution in [2.75, 3.05) is 19.8 Å². The molecule has 3 N–H and O–H groups in total. The summed E-state index contributed by atoms with van der Waals surface area (Å²) in [6.45, 7) is 7.97. The van der Waals surface area contributed by atoms with Gasteiger partial charge in [-0.2, -0.15) is 0 Å². The molecule has 0 radical (unpaired) electrons. The second kappa shape index (κ2) is 65.0. The second-order valence-electron chi connectivity index (χ2n) is 18.1. The van der Waals surface area contributed by atoms with E-state index in [2.05, 4.69) is 20.8 Å². The molecule has 0 atom stereocenters. The lowest BCUT2D eigenvalue weighted by molar-refractivity contribution is 0.282. The van der Waals surface area contributed by atoms with Crippen molar-refractivity contribution in [1.82, 2.24) is 0 Å². The van der Waals surface area contributed by atoms with Crippen molar-refractivity contribution in [3.8, 4) is 0 Å². The van der Waals surface area contributed by atoms with E-state index in [1.807, 2.05) is 0 Å². The molecule has 3 heteroatoms. The molecule has 348 valence electrons. The van der Waals surface area contributed by atoms with Crippen LogP contribution in [0.15, 0.2) is 0 Å². The fraction of sp³-hybridized carbons (Fsp3) is 1.00. The first-order valence-electron chi connectivity index (χ1n) is 27.1. The summed E-state index contributed by atoms with van der Waals surface area (Å²) < 4.78 is 0. The van der Waals surface area contributed by atoms with Crippen LogP contribution in [-0.2, 0) is 0 Å². The van der Waals surface area contributed by atoms with Crippen LogP contribution in [0.3, 0.4) is 0 Å².